The topological polar surface area (TPSA) is 41.1 Å². The average Bonchev–Trinajstić information content (AvgIpc) is 2.34. The Labute approximate surface area is 115 Å². The number of hydrogen-bond donors (Lipinski definition) is 2. The van der Waals surface area contributed by atoms with E-state index >= 15 is 0 Å². The summed E-state index contributed by atoms with van der Waals surface area (Å²) in [5.41, 5.74) is -0.777. The molecule has 1 atom stereocenters. The van der Waals surface area contributed by atoms with E-state index in [9.17, 15) is 18.0 Å². The predicted molar refractivity (Wildman–Crippen MR) is 69.8 cm³/mol. The van der Waals surface area contributed by atoms with E-state index in [0.29, 0.717) is 12.6 Å². The molecule has 0 aromatic heterocycles. The number of amides is 1. The van der Waals surface area contributed by atoms with Crippen LogP contribution in [0.3, 0.4) is 0 Å². The van der Waals surface area contributed by atoms with Gasteiger partial charge in [-0.1, -0.05) is 13.8 Å². The van der Waals surface area contributed by atoms with E-state index in [1.807, 2.05) is 13.8 Å². The molecule has 2 N–H and O–H groups in total. The van der Waals surface area contributed by atoms with E-state index in [-0.39, 0.29) is 5.41 Å². The molecule has 1 aromatic rings. The van der Waals surface area contributed by atoms with Gasteiger partial charge in [0.25, 0.3) is 0 Å². The fourth-order valence-electron chi connectivity index (χ4n) is 2.51. The largest absolute Gasteiger partial charge is 0.322 e. The van der Waals surface area contributed by atoms with Gasteiger partial charge in [-0.15, -0.1) is 0 Å². The summed E-state index contributed by atoms with van der Waals surface area (Å²) < 4.78 is 39.7. The highest BCUT2D eigenvalue weighted by Gasteiger charge is 2.37. The zero-order valence-electron chi connectivity index (χ0n) is 11.4. The van der Waals surface area contributed by atoms with E-state index in [0.717, 1.165) is 18.9 Å². The molecule has 2 rings (SSSR count). The first-order valence-electron chi connectivity index (χ1n) is 6.50. The molecule has 1 aliphatic heterocycles. The van der Waals surface area contributed by atoms with Gasteiger partial charge in [-0.25, -0.2) is 13.2 Å². The second-order valence-corrected chi connectivity index (χ2v) is 5.72. The number of piperidine rings is 1. The minimum Gasteiger partial charge on any atom is -0.322 e. The van der Waals surface area contributed by atoms with Crippen LogP contribution in [-0.2, 0) is 4.79 Å². The molecule has 1 unspecified atom stereocenters. The van der Waals surface area contributed by atoms with Crippen molar-refractivity contribution in [1.82, 2.24) is 5.32 Å². The number of halogens is 3. The van der Waals surface area contributed by atoms with Crippen molar-refractivity contribution in [1.29, 1.82) is 0 Å². The minimum atomic E-state index is -1.32. The number of carbonyl (C=O) groups is 1. The standard InChI is InChI=1S/C14H17F3N2O/c1-14(2)4-3-5-18-12(14)13(20)19-10-7-8(15)6-9(16)11(10)17/h6-7,12,18H,3-5H2,1-2H3,(H,19,20). The number of hydrogen-bond acceptors (Lipinski definition) is 2. The first-order valence-corrected chi connectivity index (χ1v) is 6.50. The number of carbonyl (C=O) groups excluding carboxylic acids is 1. The smallest absolute Gasteiger partial charge is 0.242 e. The van der Waals surface area contributed by atoms with Crippen molar-refractivity contribution < 1.29 is 18.0 Å². The zero-order valence-corrected chi connectivity index (χ0v) is 11.4. The van der Waals surface area contributed by atoms with Gasteiger partial charge in [0.1, 0.15) is 5.82 Å². The molecule has 0 spiro atoms. The van der Waals surface area contributed by atoms with Crippen molar-refractivity contribution in [3.05, 3.63) is 29.6 Å². The molecule has 1 fully saturated rings. The van der Waals surface area contributed by atoms with Gasteiger partial charge in [0.15, 0.2) is 11.6 Å². The summed E-state index contributed by atoms with van der Waals surface area (Å²) in [5.74, 6) is -4.00. The van der Waals surface area contributed by atoms with Crippen LogP contribution in [0.1, 0.15) is 26.7 Å². The maximum Gasteiger partial charge on any atom is 0.242 e. The van der Waals surface area contributed by atoms with Crippen molar-refractivity contribution in [3.8, 4) is 0 Å². The van der Waals surface area contributed by atoms with Crippen LogP contribution in [0.2, 0.25) is 0 Å². The summed E-state index contributed by atoms with van der Waals surface area (Å²) in [6, 6.07) is 0.682. The SMILES string of the molecule is CC1(C)CCCNC1C(=O)Nc1cc(F)cc(F)c1F. The van der Waals surface area contributed by atoms with Crippen molar-refractivity contribution in [3.63, 3.8) is 0 Å². The Balaban J connectivity index is 2.19. The third-order valence-corrected chi connectivity index (χ3v) is 3.64. The van der Waals surface area contributed by atoms with Crippen molar-refractivity contribution in [2.24, 2.45) is 5.41 Å². The summed E-state index contributed by atoms with van der Waals surface area (Å²) in [4.78, 5) is 12.2. The fraction of sp³-hybridized carbons (Fsp3) is 0.500. The number of benzene rings is 1. The highest BCUT2D eigenvalue weighted by Crippen LogP contribution is 2.31. The Hall–Kier alpha value is -1.56. The molecule has 0 bridgehead atoms. The molecule has 0 radical (unpaired) electrons. The summed E-state index contributed by atoms with van der Waals surface area (Å²) in [5, 5.41) is 5.32. The van der Waals surface area contributed by atoms with Crippen LogP contribution in [0.15, 0.2) is 12.1 Å². The Morgan fingerprint density at radius 3 is 2.70 bits per heavy atom. The second kappa shape index (κ2) is 5.44. The van der Waals surface area contributed by atoms with E-state index in [1.165, 1.54) is 0 Å². The molecule has 1 saturated heterocycles. The molecular formula is C14H17F3N2O. The zero-order chi connectivity index (χ0) is 14.9. The van der Waals surface area contributed by atoms with Gasteiger partial charge in [0, 0.05) is 12.1 Å². The van der Waals surface area contributed by atoms with Gasteiger partial charge < -0.3 is 10.6 Å². The molecule has 0 saturated carbocycles. The van der Waals surface area contributed by atoms with Gasteiger partial charge in [-0.3, -0.25) is 4.79 Å². The van der Waals surface area contributed by atoms with Gasteiger partial charge in [-0.2, -0.15) is 0 Å². The lowest BCUT2D eigenvalue weighted by Gasteiger charge is -2.38. The lowest BCUT2D eigenvalue weighted by molar-refractivity contribution is -0.121. The van der Waals surface area contributed by atoms with Crippen LogP contribution in [0.5, 0.6) is 0 Å². The van der Waals surface area contributed by atoms with Crippen LogP contribution in [0.25, 0.3) is 0 Å². The third kappa shape index (κ3) is 2.95. The van der Waals surface area contributed by atoms with E-state index in [4.69, 9.17) is 0 Å². The minimum absolute atomic E-state index is 0.301. The Kier molecular flexibility index (Phi) is 4.04. The van der Waals surface area contributed by atoms with E-state index in [1.54, 1.807) is 0 Å². The fourth-order valence-corrected chi connectivity index (χ4v) is 2.51. The van der Waals surface area contributed by atoms with E-state index in [2.05, 4.69) is 10.6 Å². The summed E-state index contributed by atoms with van der Waals surface area (Å²) in [7, 11) is 0. The molecule has 20 heavy (non-hydrogen) atoms. The predicted octanol–water partition coefficient (Wildman–Crippen LogP) is 2.82. The van der Waals surface area contributed by atoms with Crippen LogP contribution in [0.4, 0.5) is 18.9 Å². The molecule has 110 valence electrons. The molecule has 3 nitrogen and oxygen atoms in total. The van der Waals surface area contributed by atoms with Crippen LogP contribution in [-0.4, -0.2) is 18.5 Å². The first-order chi connectivity index (χ1) is 9.31. The van der Waals surface area contributed by atoms with E-state index < -0.39 is 35.1 Å². The molecule has 6 heteroatoms. The molecule has 1 aliphatic rings. The molecule has 1 heterocycles. The van der Waals surface area contributed by atoms with Crippen LogP contribution < -0.4 is 10.6 Å². The molecular weight excluding hydrogens is 269 g/mol. The van der Waals surface area contributed by atoms with Gasteiger partial charge in [-0.05, 0) is 24.8 Å². The van der Waals surface area contributed by atoms with Gasteiger partial charge in [0.2, 0.25) is 5.91 Å². The quantitative estimate of drug-likeness (QED) is 0.821. The highest BCUT2D eigenvalue weighted by molar-refractivity contribution is 5.95. The average molecular weight is 286 g/mol. The normalized spacial score (nSPS) is 21.6. The van der Waals surface area contributed by atoms with Gasteiger partial charge in [0.05, 0.1) is 11.7 Å². The Morgan fingerprint density at radius 2 is 2.05 bits per heavy atom. The monoisotopic (exact) mass is 286 g/mol. The third-order valence-electron chi connectivity index (χ3n) is 3.64. The molecule has 1 aromatic carbocycles. The van der Waals surface area contributed by atoms with Crippen LogP contribution in [0, 0.1) is 22.9 Å². The highest BCUT2D eigenvalue weighted by atomic mass is 19.2. The van der Waals surface area contributed by atoms with Crippen LogP contribution >= 0.6 is 0 Å². The number of anilines is 1. The summed E-state index contributed by atoms with van der Waals surface area (Å²) in [6.07, 6.45) is 1.79. The second-order valence-electron chi connectivity index (χ2n) is 5.72. The maximum absolute atomic E-state index is 13.5. The number of rotatable bonds is 2. The first kappa shape index (κ1) is 14.8. The van der Waals surface area contributed by atoms with Gasteiger partial charge >= 0.3 is 0 Å². The molecule has 0 aliphatic carbocycles. The lowest BCUT2D eigenvalue weighted by atomic mass is 9.77. The summed E-state index contributed by atoms with van der Waals surface area (Å²) in [6.45, 7) is 4.53. The summed E-state index contributed by atoms with van der Waals surface area (Å²) >= 11 is 0. The Morgan fingerprint density at radius 1 is 1.35 bits per heavy atom. The maximum atomic E-state index is 13.5. The van der Waals surface area contributed by atoms with Crippen molar-refractivity contribution in [2.75, 3.05) is 11.9 Å². The Bertz CT molecular complexity index is 531. The number of nitrogens with one attached hydrogen (secondary N) is 2. The van der Waals surface area contributed by atoms with Crippen molar-refractivity contribution in [2.45, 2.75) is 32.7 Å². The molecule has 1 amide bonds. The lowest BCUT2D eigenvalue weighted by Crippen LogP contribution is -2.53. The van der Waals surface area contributed by atoms with Crippen molar-refractivity contribution >= 4 is 11.6 Å².